The summed E-state index contributed by atoms with van der Waals surface area (Å²) >= 11 is 0. The number of benzene rings is 1. The summed E-state index contributed by atoms with van der Waals surface area (Å²) in [5.41, 5.74) is 1.74. The lowest BCUT2D eigenvalue weighted by Gasteiger charge is -2.17. The molecule has 0 bridgehead atoms. The minimum atomic E-state index is -0.725. The van der Waals surface area contributed by atoms with Crippen molar-refractivity contribution in [2.24, 2.45) is 5.41 Å². The molecular formula is C12H16O3. The van der Waals surface area contributed by atoms with Crippen molar-refractivity contribution in [2.45, 2.75) is 27.2 Å². The van der Waals surface area contributed by atoms with Crippen LogP contribution in [0.25, 0.3) is 0 Å². The molecule has 0 saturated heterocycles. The van der Waals surface area contributed by atoms with Crippen LogP contribution in [0, 0.1) is 5.41 Å². The predicted molar refractivity (Wildman–Crippen MR) is 57.6 cm³/mol. The first kappa shape index (κ1) is 11.7. The molecule has 0 atom stereocenters. The Kier molecular flexibility index (Phi) is 3.48. The van der Waals surface area contributed by atoms with Crippen molar-refractivity contribution in [1.29, 1.82) is 0 Å². The number of hydrogen-bond donors (Lipinski definition) is 1. The molecule has 0 fully saturated rings. The van der Waals surface area contributed by atoms with Gasteiger partial charge >= 0.3 is 5.97 Å². The number of hydrogen-bond acceptors (Lipinski definition) is 3. The molecule has 0 spiro atoms. The van der Waals surface area contributed by atoms with E-state index < -0.39 is 5.97 Å². The summed E-state index contributed by atoms with van der Waals surface area (Å²) in [6.45, 7) is 6.47. The van der Waals surface area contributed by atoms with Gasteiger partial charge in [0.05, 0.1) is 5.56 Å². The molecule has 0 saturated carbocycles. The Labute approximate surface area is 89.6 Å². The van der Waals surface area contributed by atoms with Crippen LogP contribution in [0.1, 0.15) is 36.7 Å². The molecule has 0 aliphatic carbocycles. The SMILES string of the molecule is CC(C)(C)Cc1ccc(C(=O)OO)cc1. The van der Waals surface area contributed by atoms with Crippen molar-refractivity contribution in [3.8, 4) is 0 Å². The fraction of sp³-hybridized carbons (Fsp3) is 0.417. The zero-order valence-electron chi connectivity index (χ0n) is 9.28. The summed E-state index contributed by atoms with van der Waals surface area (Å²) < 4.78 is 0. The maximum atomic E-state index is 10.9. The molecule has 0 aromatic heterocycles. The fourth-order valence-corrected chi connectivity index (χ4v) is 1.42. The predicted octanol–water partition coefficient (Wildman–Crippen LogP) is 2.91. The van der Waals surface area contributed by atoms with Crippen molar-refractivity contribution in [3.63, 3.8) is 0 Å². The monoisotopic (exact) mass is 208 g/mol. The standard InChI is InChI=1S/C12H16O3/c1-12(2,3)8-9-4-6-10(7-5-9)11(13)15-14/h4-7,14H,8H2,1-3H3. The van der Waals surface area contributed by atoms with Gasteiger partial charge in [0.2, 0.25) is 0 Å². The van der Waals surface area contributed by atoms with E-state index in [9.17, 15) is 4.79 Å². The van der Waals surface area contributed by atoms with E-state index in [4.69, 9.17) is 5.26 Å². The third-order valence-corrected chi connectivity index (χ3v) is 2.01. The highest BCUT2D eigenvalue weighted by Gasteiger charge is 2.12. The van der Waals surface area contributed by atoms with Gasteiger partial charge in [0.25, 0.3) is 0 Å². The van der Waals surface area contributed by atoms with Gasteiger partial charge in [0.15, 0.2) is 0 Å². The largest absolute Gasteiger partial charge is 0.372 e. The van der Waals surface area contributed by atoms with E-state index in [1.54, 1.807) is 12.1 Å². The van der Waals surface area contributed by atoms with E-state index in [0.29, 0.717) is 5.56 Å². The highest BCUT2D eigenvalue weighted by Crippen LogP contribution is 2.20. The second kappa shape index (κ2) is 4.45. The Morgan fingerprint density at radius 3 is 2.20 bits per heavy atom. The highest BCUT2D eigenvalue weighted by molar-refractivity contribution is 5.88. The van der Waals surface area contributed by atoms with Crippen LogP contribution in [-0.4, -0.2) is 11.2 Å². The maximum absolute atomic E-state index is 10.9. The van der Waals surface area contributed by atoms with Gasteiger partial charge in [-0.15, -0.1) is 0 Å². The molecule has 0 aliphatic heterocycles. The Morgan fingerprint density at radius 2 is 1.80 bits per heavy atom. The van der Waals surface area contributed by atoms with E-state index in [1.165, 1.54) is 0 Å². The second-order valence-electron chi connectivity index (χ2n) is 4.81. The number of carbonyl (C=O) groups excluding carboxylic acids is 1. The molecule has 0 radical (unpaired) electrons. The average Bonchev–Trinajstić information content (AvgIpc) is 2.15. The third kappa shape index (κ3) is 3.72. The first-order valence-corrected chi connectivity index (χ1v) is 4.87. The summed E-state index contributed by atoms with van der Waals surface area (Å²) in [4.78, 5) is 14.6. The van der Waals surface area contributed by atoms with Crippen LogP contribution in [0.3, 0.4) is 0 Å². The van der Waals surface area contributed by atoms with Gasteiger partial charge in [-0.1, -0.05) is 32.9 Å². The summed E-state index contributed by atoms with van der Waals surface area (Å²) in [5, 5.41) is 8.19. The van der Waals surface area contributed by atoms with E-state index in [2.05, 4.69) is 25.7 Å². The van der Waals surface area contributed by atoms with Gasteiger partial charge < -0.3 is 0 Å². The average molecular weight is 208 g/mol. The van der Waals surface area contributed by atoms with Gasteiger partial charge in [0, 0.05) is 0 Å². The van der Waals surface area contributed by atoms with Crippen LogP contribution in [-0.2, 0) is 11.3 Å². The summed E-state index contributed by atoms with van der Waals surface area (Å²) in [5.74, 6) is -0.725. The highest BCUT2D eigenvalue weighted by atomic mass is 17.1. The molecule has 0 amide bonds. The lowest BCUT2D eigenvalue weighted by Crippen LogP contribution is -2.09. The van der Waals surface area contributed by atoms with E-state index >= 15 is 0 Å². The topological polar surface area (TPSA) is 46.5 Å². The first-order chi connectivity index (χ1) is 6.92. The van der Waals surface area contributed by atoms with Gasteiger partial charge in [-0.25, -0.2) is 4.79 Å². The van der Waals surface area contributed by atoms with Gasteiger partial charge in [0.1, 0.15) is 0 Å². The van der Waals surface area contributed by atoms with Crippen molar-refractivity contribution >= 4 is 5.97 Å². The molecule has 1 aromatic carbocycles. The van der Waals surface area contributed by atoms with E-state index in [1.807, 2.05) is 12.1 Å². The lowest BCUT2D eigenvalue weighted by atomic mass is 9.88. The first-order valence-electron chi connectivity index (χ1n) is 4.87. The van der Waals surface area contributed by atoms with Gasteiger partial charge in [-0.3, -0.25) is 4.89 Å². The Morgan fingerprint density at radius 1 is 1.27 bits per heavy atom. The Balaban J connectivity index is 2.77. The molecule has 3 nitrogen and oxygen atoms in total. The Hall–Kier alpha value is -1.35. The van der Waals surface area contributed by atoms with Crippen LogP contribution >= 0.6 is 0 Å². The molecule has 0 aliphatic rings. The van der Waals surface area contributed by atoms with Crippen molar-refractivity contribution < 1.29 is 14.9 Å². The molecule has 1 aromatic rings. The molecule has 0 unspecified atom stereocenters. The smallest absolute Gasteiger partial charge is 0.296 e. The molecule has 82 valence electrons. The molecule has 1 N–H and O–H groups in total. The summed E-state index contributed by atoms with van der Waals surface area (Å²) in [7, 11) is 0. The number of carbonyl (C=O) groups is 1. The van der Waals surface area contributed by atoms with Gasteiger partial charge in [-0.05, 0) is 29.5 Å². The van der Waals surface area contributed by atoms with Crippen molar-refractivity contribution in [3.05, 3.63) is 35.4 Å². The molecular weight excluding hydrogens is 192 g/mol. The van der Waals surface area contributed by atoms with Gasteiger partial charge in [-0.2, -0.15) is 5.26 Å². The second-order valence-corrected chi connectivity index (χ2v) is 4.81. The quantitative estimate of drug-likeness (QED) is 0.600. The van der Waals surface area contributed by atoms with Crippen molar-refractivity contribution in [1.82, 2.24) is 0 Å². The summed E-state index contributed by atoms with van der Waals surface area (Å²) in [6, 6.07) is 7.05. The molecule has 3 heteroatoms. The zero-order chi connectivity index (χ0) is 11.5. The van der Waals surface area contributed by atoms with Crippen molar-refractivity contribution in [2.75, 3.05) is 0 Å². The van der Waals surface area contributed by atoms with Crippen LogP contribution in [0.5, 0.6) is 0 Å². The third-order valence-electron chi connectivity index (χ3n) is 2.01. The van der Waals surface area contributed by atoms with E-state index in [0.717, 1.165) is 12.0 Å². The minimum Gasteiger partial charge on any atom is -0.296 e. The van der Waals surface area contributed by atoms with Crippen LogP contribution in [0.2, 0.25) is 0 Å². The molecule has 1 rings (SSSR count). The molecule has 0 heterocycles. The normalized spacial score (nSPS) is 11.2. The fourth-order valence-electron chi connectivity index (χ4n) is 1.42. The lowest BCUT2D eigenvalue weighted by molar-refractivity contribution is -0.182. The number of rotatable bonds is 2. The Bertz CT molecular complexity index is 333. The summed E-state index contributed by atoms with van der Waals surface area (Å²) in [6.07, 6.45) is 0.946. The zero-order valence-corrected chi connectivity index (χ0v) is 9.28. The molecule has 15 heavy (non-hydrogen) atoms. The van der Waals surface area contributed by atoms with E-state index in [-0.39, 0.29) is 5.41 Å². The maximum Gasteiger partial charge on any atom is 0.372 e. The van der Waals surface area contributed by atoms with Crippen LogP contribution in [0.4, 0.5) is 0 Å². The van der Waals surface area contributed by atoms with Crippen LogP contribution in [0.15, 0.2) is 24.3 Å². The minimum absolute atomic E-state index is 0.221. The van der Waals surface area contributed by atoms with Crippen LogP contribution < -0.4 is 0 Å².